The largest absolute Gasteiger partial charge is 0.487 e. The summed E-state index contributed by atoms with van der Waals surface area (Å²) >= 11 is 0. The zero-order valence-electron chi connectivity index (χ0n) is 15.2. The molecule has 0 spiro atoms. The van der Waals surface area contributed by atoms with Crippen molar-refractivity contribution >= 4 is 5.91 Å². The van der Waals surface area contributed by atoms with Gasteiger partial charge in [-0.2, -0.15) is 0 Å². The second-order valence-electron chi connectivity index (χ2n) is 7.24. The van der Waals surface area contributed by atoms with Crippen LogP contribution >= 0.6 is 0 Å². The van der Waals surface area contributed by atoms with Crippen LogP contribution in [0.4, 0.5) is 0 Å². The number of carbonyl (C=O) groups is 1. The second kappa shape index (κ2) is 6.79. The molecular formula is C21H25NO3. The van der Waals surface area contributed by atoms with Crippen molar-refractivity contribution in [2.75, 3.05) is 0 Å². The van der Waals surface area contributed by atoms with E-state index in [9.17, 15) is 4.79 Å². The van der Waals surface area contributed by atoms with Gasteiger partial charge in [-0.3, -0.25) is 4.79 Å². The number of hydrogen-bond donors (Lipinski definition) is 1. The molecule has 0 radical (unpaired) electrons. The molecule has 4 heteroatoms. The van der Waals surface area contributed by atoms with Crippen molar-refractivity contribution in [2.24, 2.45) is 0 Å². The minimum Gasteiger partial charge on any atom is -0.487 e. The molecule has 2 aromatic carbocycles. The van der Waals surface area contributed by atoms with Gasteiger partial charge in [0.25, 0.3) is 5.91 Å². The van der Waals surface area contributed by atoms with E-state index >= 15 is 0 Å². The van der Waals surface area contributed by atoms with Crippen LogP contribution in [0.1, 0.15) is 44.4 Å². The van der Waals surface area contributed by atoms with Gasteiger partial charge < -0.3 is 14.8 Å². The van der Waals surface area contributed by atoms with Gasteiger partial charge in [0.2, 0.25) is 0 Å². The van der Waals surface area contributed by atoms with Crippen LogP contribution in [-0.2, 0) is 4.79 Å². The number of amides is 1. The highest BCUT2D eigenvalue weighted by atomic mass is 16.5. The van der Waals surface area contributed by atoms with Crippen LogP contribution < -0.4 is 14.8 Å². The minimum absolute atomic E-state index is 0.0870. The monoisotopic (exact) mass is 339 g/mol. The highest BCUT2D eigenvalue weighted by Crippen LogP contribution is 2.39. The van der Waals surface area contributed by atoms with Crippen LogP contribution in [0.25, 0.3) is 0 Å². The molecule has 1 amide bonds. The molecule has 0 saturated heterocycles. The summed E-state index contributed by atoms with van der Waals surface area (Å²) in [5.41, 5.74) is 1.79. The Morgan fingerprint density at radius 1 is 1.24 bits per heavy atom. The maximum absolute atomic E-state index is 12.6. The number of benzene rings is 2. The number of ether oxygens (including phenoxy) is 2. The van der Waals surface area contributed by atoms with Crippen LogP contribution in [0.3, 0.4) is 0 Å². The molecule has 0 aliphatic carbocycles. The van der Waals surface area contributed by atoms with Crippen molar-refractivity contribution < 1.29 is 14.3 Å². The van der Waals surface area contributed by atoms with Gasteiger partial charge in [0.05, 0.1) is 6.04 Å². The van der Waals surface area contributed by atoms with E-state index in [1.807, 2.05) is 69.3 Å². The molecule has 1 aliphatic rings. The van der Waals surface area contributed by atoms with Gasteiger partial charge in [0.1, 0.15) is 17.1 Å². The normalized spacial score (nSPS) is 19.3. The number of para-hydroxylation sites is 1. The fraction of sp³-hybridized carbons (Fsp3) is 0.381. The van der Waals surface area contributed by atoms with Gasteiger partial charge in [0.15, 0.2) is 6.10 Å². The lowest BCUT2D eigenvalue weighted by molar-refractivity contribution is -0.128. The Morgan fingerprint density at radius 3 is 2.76 bits per heavy atom. The van der Waals surface area contributed by atoms with E-state index in [0.717, 1.165) is 16.9 Å². The van der Waals surface area contributed by atoms with Gasteiger partial charge in [0, 0.05) is 12.0 Å². The molecule has 1 aliphatic heterocycles. The van der Waals surface area contributed by atoms with Crippen molar-refractivity contribution in [1.29, 1.82) is 0 Å². The minimum atomic E-state index is -0.570. The molecule has 0 bridgehead atoms. The quantitative estimate of drug-likeness (QED) is 0.909. The highest BCUT2D eigenvalue weighted by Gasteiger charge is 2.35. The first kappa shape index (κ1) is 17.3. The number of aryl methyl sites for hydroxylation is 1. The summed E-state index contributed by atoms with van der Waals surface area (Å²) in [6, 6.07) is 15.5. The summed E-state index contributed by atoms with van der Waals surface area (Å²) < 4.78 is 11.8. The zero-order chi connectivity index (χ0) is 18.0. The van der Waals surface area contributed by atoms with E-state index in [1.165, 1.54) is 0 Å². The maximum Gasteiger partial charge on any atom is 0.261 e. The molecule has 0 aromatic heterocycles. The average Bonchev–Trinajstić information content (AvgIpc) is 2.53. The summed E-state index contributed by atoms with van der Waals surface area (Å²) in [4.78, 5) is 12.6. The lowest BCUT2D eigenvalue weighted by Gasteiger charge is -2.38. The standard InChI is InChI=1S/C21H25NO3/c1-14-8-7-9-16(12-14)24-15(2)20(23)22-18-13-21(3,4)25-19-11-6-5-10-17(18)19/h5-12,15,18H,13H2,1-4H3,(H,22,23)/t15-,18+/m1/s1. The van der Waals surface area contributed by atoms with Crippen LogP contribution in [0.2, 0.25) is 0 Å². The first-order chi connectivity index (χ1) is 11.8. The highest BCUT2D eigenvalue weighted by molar-refractivity contribution is 5.81. The van der Waals surface area contributed by atoms with Gasteiger partial charge in [-0.15, -0.1) is 0 Å². The Bertz CT molecular complexity index is 769. The molecule has 0 unspecified atom stereocenters. The third kappa shape index (κ3) is 4.13. The van der Waals surface area contributed by atoms with Crippen LogP contribution in [-0.4, -0.2) is 17.6 Å². The molecule has 1 N–H and O–H groups in total. The topological polar surface area (TPSA) is 47.6 Å². The van der Waals surface area contributed by atoms with Crippen molar-refractivity contribution in [3.05, 3.63) is 59.7 Å². The number of rotatable bonds is 4. The molecule has 2 atom stereocenters. The predicted molar refractivity (Wildman–Crippen MR) is 97.9 cm³/mol. The van der Waals surface area contributed by atoms with E-state index in [-0.39, 0.29) is 17.6 Å². The Hall–Kier alpha value is -2.49. The smallest absolute Gasteiger partial charge is 0.261 e. The first-order valence-electron chi connectivity index (χ1n) is 8.66. The van der Waals surface area contributed by atoms with E-state index < -0.39 is 6.10 Å². The van der Waals surface area contributed by atoms with Gasteiger partial charge in [-0.1, -0.05) is 30.3 Å². The predicted octanol–water partition coefficient (Wildman–Crippen LogP) is 4.18. The summed E-state index contributed by atoms with van der Waals surface area (Å²) in [6.45, 7) is 7.84. The first-order valence-corrected chi connectivity index (χ1v) is 8.66. The van der Waals surface area contributed by atoms with E-state index in [0.29, 0.717) is 12.2 Å². The second-order valence-corrected chi connectivity index (χ2v) is 7.24. The van der Waals surface area contributed by atoms with Crippen molar-refractivity contribution in [1.82, 2.24) is 5.32 Å². The lowest BCUT2D eigenvalue weighted by atomic mass is 9.89. The Balaban J connectivity index is 1.72. The molecular weight excluding hydrogens is 314 g/mol. The molecule has 132 valence electrons. The van der Waals surface area contributed by atoms with Crippen LogP contribution in [0, 0.1) is 6.92 Å². The van der Waals surface area contributed by atoms with Crippen molar-refractivity contribution in [3.8, 4) is 11.5 Å². The summed E-state index contributed by atoms with van der Waals surface area (Å²) in [5.74, 6) is 1.41. The third-order valence-electron chi connectivity index (χ3n) is 4.36. The van der Waals surface area contributed by atoms with Crippen LogP contribution in [0.5, 0.6) is 11.5 Å². The maximum atomic E-state index is 12.6. The average molecular weight is 339 g/mol. The van der Waals surface area contributed by atoms with Gasteiger partial charge in [-0.05, 0) is 51.5 Å². The number of fused-ring (bicyclic) bond motifs is 1. The summed E-state index contributed by atoms with van der Waals surface area (Å²) in [6.07, 6.45) is 0.146. The number of nitrogens with one attached hydrogen (secondary N) is 1. The van der Waals surface area contributed by atoms with Crippen molar-refractivity contribution in [3.63, 3.8) is 0 Å². The molecule has 0 fully saturated rings. The Labute approximate surface area is 149 Å². The van der Waals surface area contributed by atoms with E-state index in [4.69, 9.17) is 9.47 Å². The fourth-order valence-electron chi connectivity index (χ4n) is 3.17. The third-order valence-corrected chi connectivity index (χ3v) is 4.36. The Kier molecular flexibility index (Phi) is 4.71. The molecule has 25 heavy (non-hydrogen) atoms. The zero-order valence-corrected chi connectivity index (χ0v) is 15.2. The van der Waals surface area contributed by atoms with E-state index in [2.05, 4.69) is 5.32 Å². The van der Waals surface area contributed by atoms with Crippen LogP contribution in [0.15, 0.2) is 48.5 Å². The van der Waals surface area contributed by atoms with E-state index in [1.54, 1.807) is 6.92 Å². The fourth-order valence-corrected chi connectivity index (χ4v) is 3.17. The number of carbonyl (C=O) groups excluding carboxylic acids is 1. The SMILES string of the molecule is Cc1cccc(O[C@H](C)C(=O)N[C@H]2CC(C)(C)Oc3ccccc32)c1. The van der Waals surface area contributed by atoms with Gasteiger partial charge >= 0.3 is 0 Å². The molecule has 2 aromatic rings. The molecule has 4 nitrogen and oxygen atoms in total. The number of hydrogen-bond acceptors (Lipinski definition) is 3. The van der Waals surface area contributed by atoms with Gasteiger partial charge in [-0.25, -0.2) is 0 Å². The lowest BCUT2D eigenvalue weighted by Crippen LogP contribution is -2.44. The van der Waals surface area contributed by atoms with Crippen molar-refractivity contribution in [2.45, 2.75) is 51.9 Å². The Morgan fingerprint density at radius 2 is 2.00 bits per heavy atom. The molecule has 0 saturated carbocycles. The molecule has 3 rings (SSSR count). The molecule has 1 heterocycles. The summed E-state index contributed by atoms with van der Waals surface area (Å²) in [5, 5.41) is 3.12. The summed E-state index contributed by atoms with van der Waals surface area (Å²) in [7, 11) is 0.